The molecule has 0 bridgehead atoms. The van der Waals surface area contributed by atoms with Crippen LogP contribution < -0.4 is 5.32 Å². The number of aromatic nitrogens is 1. The van der Waals surface area contributed by atoms with Crippen LogP contribution >= 0.6 is 0 Å². The van der Waals surface area contributed by atoms with Crippen molar-refractivity contribution in [3.63, 3.8) is 0 Å². The molecule has 6 nitrogen and oxygen atoms in total. The summed E-state index contributed by atoms with van der Waals surface area (Å²) in [6, 6.07) is 1.70. The second-order valence-corrected chi connectivity index (χ2v) is 7.17. The normalized spacial score (nSPS) is 19.5. The molecule has 1 aliphatic rings. The maximum Gasteiger partial charge on any atom is 0.244 e. The number of hydrogen-bond acceptors (Lipinski definition) is 4. The summed E-state index contributed by atoms with van der Waals surface area (Å²) in [6.07, 6.45) is 3.55. The van der Waals surface area contributed by atoms with Gasteiger partial charge < -0.3 is 15.0 Å². The Hall–Kier alpha value is -0.890. The van der Waals surface area contributed by atoms with Gasteiger partial charge in [0.25, 0.3) is 0 Å². The summed E-state index contributed by atoms with van der Waals surface area (Å²) in [7, 11) is -3.45. The Morgan fingerprint density at radius 2 is 2.29 bits per heavy atom. The smallest absolute Gasteiger partial charge is 0.244 e. The van der Waals surface area contributed by atoms with Crippen LogP contribution in [0.15, 0.2) is 17.2 Å². The van der Waals surface area contributed by atoms with Crippen LogP contribution in [-0.2, 0) is 21.3 Å². The molecule has 0 saturated carbocycles. The molecule has 0 aromatic carbocycles. The van der Waals surface area contributed by atoms with Gasteiger partial charge in [-0.3, -0.25) is 0 Å². The Bertz CT molecular complexity index is 535. The van der Waals surface area contributed by atoms with E-state index in [9.17, 15) is 8.42 Å². The Morgan fingerprint density at radius 3 is 2.90 bits per heavy atom. The lowest BCUT2D eigenvalue weighted by Crippen LogP contribution is -2.37. The highest BCUT2D eigenvalue weighted by atomic mass is 32.2. The first kappa shape index (κ1) is 16.5. The average Bonchev–Trinajstić information content (AvgIpc) is 3.13. The molecule has 2 rings (SSSR count). The van der Waals surface area contributed by atoms with Crippen LogP contribution in [0.2, 0.25) is 0 Å². The van der Waals surface area contributed by atoms with E-state index in [0.717, 1.165) is 31.7 Å². The van der Waals surface area contributed by atoms with E-state index < -0.39 is 10.0 Å². The van der Waals surface area contributed by atoms with Crippen LogP contribution in [0.25, 0.3) is 0 Å². The second kappa shape index (κ2) is 7.40. The molecule has 0 amide bonds. The van der Waals surface area contributed by atoms with Crippen molar-refractivity contribution in [1.29, 1.82) is 0 Å². The summed E-state index contributed by atoms with van der Waals surface area (Å²) in [5.41, 5.74) is 0.878. The van der Waals surface area contributed by atoms with Gasteiger partial charge in [-0.2, -0.15) is 4.31 Å². The molecule has 120 valence electrons. The molecule has 0 aliphatic carbocycles. The summed E-state index contributed by atoms with van der Waals surface area (Å²) < 4.78 is 32.4. The van der Waals surface area contributed by atoms with E-state index in [1.54, 1.807) is 12.3 Å². The summed E-state index contributed by atoms with van der Waals surface area (Å²) in [5.74, 6) is 0. The van der Waals surface area contributed by atoms with Crippen molar-refractivity contribution in [2.24, 2.45) is 0 Å². The Morgan fingerprint density at radius 1 is 1.48 bits per heavy atom. The van der Waals surface area contributed by atoms with E-state index in [1.165, 1.54) is 4.31 Å². The van der Waals surface area contributed by atoms with Gasteiger partial charge in [0.15, 0.2) is 0 Å². The number of H-pyrrole nitrogens is 1. The molecular weight excluding hydrogens is 290 g/mol. The lowest BCUT2D eigenvalue weighted by atomic mass is 10.2. The predicted octanol–water partition coefficient (Wildman–Crippen LogP) is 1.31. The molecule has 1 atom stereocenters. The number of hydrogen-bond donors (Lipinski definition) is 2. The SMILES string of the molecule is CCNCc1cc(S(=O)(=O)N(CC)CC2CCCO2)c[nH]1. The summed E-state index contributed by atoms with van der Waals surface area (Å²) >= 11 is 0. The second-order valence-electron chi connectivity index (χ2n) is 5.23. The zero-order valence-electron chi connectivity index (χ0n) is 12.8. The number of sulfonamides is 1. The van der Waals surface area contributed by atoms with Gasteiger partial charge in [-0.15, -0.1) is 0 Å². The molecule has 0 spiro atoms. The number of aromatic amines is 1. The van der Waals surface area contributed by atoms with Gasteiger partial charge in [0, 0.05) is 38.1 Å². The number of ether oxygens (including phenoxy) is 1. The van der Waals surface area contributed by atoms with Crippen molar-refractivity contribution in [2.75, 3.05) is 26.2 Å². The minimum atomic E-state index is -3.45. The predicted molar refractivity (Wildman–Crippen MR) is 81.6 cm³/mol. The summed E-state index contributed by atoms with van der Waals surface area (Å²) in [5, 5.41) is 3.17. The first-order valence-electron chi connectivity index (χ1n) is 7.57. The fraction of sp³-hybridized carbons (Fsp3) is 0.714. The van der Waals surface area contributed by atoms with Gasteiger partial charge in [0.2, 0.25) is 10.0 Å². The first-order chi connectivity index (χ1) is 10.1. The van der Waals surface area contributed by atoms with Gasteiger partial charge in [0.1, 0.15) is 0 Å². The number of nitrogens with one attached hydrogen (secondary N) is 2. The highest BCUT2D eigenvalue weighted by Crippen LogP contribution is 2.20. The van der Waals surface area contributed by atoms with Crippen molar-refractivity contribution < 1.29 is 13.2 Å². The maximum absolute atomic E-state index is 12.7. The highest BCUT2D eigenvalue weighted by molar-refractivity contribution is 7.89. The Labute approximate surface area is 126 Å². The van der Waals surface area contributed by atoms with Gasteiger partial charge in [0.05, 0.1) is 11.0 Å². The van der Waals surface area contributed by atoms with E-state index in [2.05, 4.69) is 10.3 Å². The zero-order chi connectivity index (χ0) is 15.3. The molecule has 21 heavy (non-hydrogen) atoms. The molecule has 1 unspecified atom stereocenters. The summed E-state index contributed by atoms with van der Waals surface area (Å²) in [4.78, 5) is 3.35. The Kier molecular flexibility index (Phi) is 5.80. The van der Waals surface area contributed by atoms with Crippen molar-refractivity contribution in [3.8, 4) is 0 Å². The first-order valence-corrected chi connectivity index (χ1v) is 9.01. The third-order valence-electron chi connectivity index (χ3n) is 3.70. The lowest BCUT2D eigenvalue weighted by Gasteiger charge is -2.22. The highest BCUT2D eigenvalue weighted by Gasteiger charge is 2.28. The third-order valence-corrected chi connectivity index (χ3v) is 5.62. The number of nitrogens with zero attached hydrogens (tertiary/aromatic N) is 1. The van der Waals surface area contributed by atoms with Crippen LogP contribution in [0.3, 0.4) is 0 Å². The molecule has 7 heteroatoms. The molecule has 1 fully saturated rings. The average molecular weight is 315 g/mol. The van der Waals surface area contributed by atoms with Gasteiger partial charge >= 0.3 is 0 Å². The van der Waals surface area contributed by atoms with Gasteiger partial charge in [-0.25, -0.2) is 8.42 Å². The van der Waals surface area contributed by atoms with Crippen LogP contribution in [0, 0.1) is 0 Å². The molecule has 2 heterocycles. The molecule has 1 aromatic heterocycles. The summed E-state index contributed by atoms with van der Waals surface area (Å²) in [6.45, 7) is 6.99. The van der Waals surface area contributed by atoms with E-state index in [-0.39, 0.29) is 6.10 Å². The molecule has 1 saturated heterocycles. The maximum atomic E-state index is 12.7. The van der Waals surface area contributed by atoms with Crippen molar-refractivity contribution in [2.45, 2.75) is 44.2 Å². The monoisotopic (exact) mass is 315 g/mol. The molecule has 2 N–H and O–H groups in total. The van der Waals surface area contributed by atoms with Crippen molar-refractivity contribution >= 4 is 10.0 Å². The van der Waals surface area contributed by atoms with E-state index >= 15 is 0 Å². The molecule has 1 aromatic rings. The van der Waals surface area contributed by atoms with Crippen molar-refractivity contribution in [3.05, 3.63) is 18.0 Å². The molecule has 0 radical (unpaired) electrons. The topological polar surface area (TPSA) is 74.4 Å². The van der Waals surface area contributed by atoms with Gasteiger partial charge in [-0.1, -0.05) is 13.8 Å². The zero-order valence-corrected chi connectivity index (χ0v) is 13.6. The van der Waals surface area contributed by atoms with Crippen LogP contribution in [0.4, 0.5) is 0 Å². The lowest BCUT2D eigenvalue weighted by molar-refractivity contribution is 0.0947. The Balaban J connectivity index is 2.08. The number of rotatable bonds is 8. The van der Waals surface area contributed by atoms with Crippen LogP contribution in [-0.4, -0.2) is 50.1 Å². The quantitative estimate of drug-likeness (QED) is 0.758. The fourth-order valence-electron chi connectivity index (χ4n) is 2.49. The third kappa shape index (κ3) is 4.06. The van der Waals surface area contributed by atoms with E-state index in [1.807, 2.05) is 13.8 Å². The standard InChI is InChI=1S/C14H25N3O3S/c1-3-15-9-12-8-14(10-16-12)21(18,19)17(4-2)11-13-6-5-7-20-13/h8,10,13,15-16H,3-7,9,11H2,1-2H3. The van der Waals surface area contributed by atoms with Gasteiger partial charge in [-0.05, 0) is 25.5 Å². The van der Waals surface area contributed by atoms with Crippen LogP contribution in [0.1, 0.15) is 32.4 Å². The van der Waals surface area contributed by atoms with Crippen molar-refractivity contribution in [1.82, 2.24) is 14.6 Å². The minimum absolute atomic E-state index is 0.0277. The molecular formula is C14H25N3O3S. The van der Waals surface area contributed by atoms with Crippen LogP contribution in [0.5, 0.6) is 0 Å². The molecule has 1 aliphatic heterocycles. The largest absolute Gasteiger partial charge is 0.377 e. The number of likely N-dealkylation sites (N-methyl/N-ethyl adjacent to an activating group) is 1. The van der Waals surface area contributed by atoms with E-state index in [4.69, 9.17) is 4.74 Å². The minimum Gasteiger partial charge on any atom is -0.377 e. The fourth-order valence-corrected chi connectivity index (χ4v) is 3.99. The van der Waals surface area contributed by atoms with E-state index in [0.29, 0.717) is 24.5 Å².